The second-order valence-electron chi connectivity index (χ2n) is 5.09. The number of aromatic nitrogens is 2. The van der Waals surface area contributed by atoms with E-state index in [0.29, 0.717) is 12.6 Å². The fourth-order valence-corrected chi connectivity index (χ4v) is 2.66. The maximum atomic E-state index is 5.65. The normalized spacial score (nSPS) is 20.4. The zero-order valence-corrected chi connectivity index (χ0v) is 10.6. The van der Waals surface area contributed by atoms with Gasteiger partial charge in [-0.1, -0.05) is 12.5 Å². The summed E-state index contributed by atoms with van der Waals surface area (Å²) in [6, 6.07) is 4.68. The molecule has 1 fully saturated rings. The summed E-state index contributed by atoms with van der Waals surface area (Å²) < 4.78 is 2.08. The van der Waals surface area contributed by atoms with Crippen molar-refractivity contribution in [1.29, 1.82) is 0 Å². The number of nitrogens with two attached hydrogens (primary N) is 1. The van der Waals surface area contributed by atoms with Gasteiger partial charge in [0.15, 0.2) is 0 Å². The molecule has 3 heterocycles. The molecule has 18 heavy (non-hydrogen) atoms. The average Bonchev–Trinajstić information content (AvgIpc) is 2.80. The summed E-state index contributed by atoms with van der Waals surface area (Å²) in [5, 5.41) is 3.57. The minimum absolute atomic E-state index is 0.577. The van der Waals surface area contributed by atoms with Gasteiger partial charge in [0.1, 0.15) is 5.65 Å². The van der Waals surface area contributed by atoms with Crippen LogP contribution in [-0.4, -0.2) is 22.0 Å². The van der Waals surface area contributed by atoms with Gasteiger partial charge in [0.2, 0.25) is 0 Å². The van der Waals surface area contributed by atoms with Crippen LogP contribution in [0, 0.1) is 0 Å². The van der Waals surface area contributed by atoms with Crippen LogP contribution in [0.4, 0.5) is 0 Å². The van der Waals surface area contributed by atoms with Crippen LogP contribution in [-0.2, 0) is 13.0 Å². The lowest BCUT2D eigenvalue weighted by atomic mass is 10.0. The maximum Gasteiger partial charge on any atom is 0.136 e. The van der Waals surface area contributed by atoms with Gasteiger partial charge < -0.3 is 15.5 Å². The highest BCUT2D eigenvalue weighted by molar-refractivity contribution is 5.41. The van der Waals surface area contributed by atoms with Crippen molar-refractivity contribution >= 4 is 5.65 Å². The van der Waals surface area contributed by atoms with E-state index in [1.54, 1.807) is 0 Å². The molecule has 4 heteroatoms. The van der Waals surface area contributed by atoms with Gasteiger partial charge in [-0.05, 0) is 31.0 Å². The third-order valence-electron chi connectivity index (χ3n) is 3.67. The van der Waals surface area contributed by atoms with E-state index in [9.17, 15) is 0 Å². The molecule has 0 bridgehead atoms. The van der Waals surface area contributed by atoms with E-state index in [2.05, 4.69) is 27.1 Å². The third-order valence-corrected chi connectivity index (χ3v) is 3.67. The van der Waals surface area contributed by atoms with Gasteiger partial charge >= 0.3 is 0 Å². The Bertz CT molecular complexity index is 526. The first-order valence-corrected chi connectivity index (χ1v) is 6.75. The number of nitrogens with one attached hydrogen (secondary N) is 1. The Morgan fingerprint density at radius 1 is 1.33 bits per heavy atom. The Morgan fingerprint density at radius 3 is 3.06 bits per heavy atom. The Morgan fingerprint density at radius 2 is 2.28 bits per heavy atom. The van der Waals surface area contributed by atoms with Crippen LogP contribution in [0.25, 0.3) is 5.65 Å². The van der Waals surface area contributed by atoms with Gasteiger partial charge in [0.05, 0.1) is 5.69 Å². The molecule has 0 radical (unpaired) electrons. The first-order chi connectivity index (χ1) is 8.85. The Labute approximate surface area is 107 Å². The van der Waals surface area contributed by atoms with Crippen molar-refractivity contribution in [2.24, 2.45) is 5.73 Å². The van der Waals surface area contributed by atoms with Crippen molar-refractivity contribution in [2.75, 3.05) is 6.54 Å². The summed E-state index contributed by atoms with van der Waals surface area (Å²) in [6.45, 7) is 1.73. The minimum atomic E-state index is 0.577. The molecule has 4 nitrogen and oxygen atoms in total. The Hall–Kier alpha value is -1.39. The lowest BCUT2D eigenvalue weighted by molar-refractivity contribution is 0.397. The Balaban J connectivity index is 1.79. The van der Waals surface area contributed by atoms with E-state index in [4.69, 9.17) is 5.73 Å². The van der Waals surface area contributed by atoms with Crippen molar-refractivity contribution in [3.05, 3.63) is 35.8 Å². The summed E-state index contributed by atoms with van der Waals surface area (Å²) in [5.41, 5.74) is 8.98. The molecular formula is C14H20N4. The topological polar surface area (TPSA) is 55.3 Å². The number of hydrogen-bond donors (Lipinski definition) is 2. The largest absolute Gasteiger partial charge is 0.326 e. The van der Waals surface area contributed by atoms with Crippen molar-refractivity contribution in [3.63, 3.8) is 0 Å². The summed E-state index contributed by atoms with van der Waals surface area (Å²) in [4.78, 5) is 4.66. The summed E-state index contributed by atoms with van der Waals surface area (Å²) in [6.07, 6.45) is 9.14. The molecule has 3 N–H and O–H groups in total. The molecule has 3 rings (SSSR count). The molecule has 0 aromatic carbocycles. The molecule has 1 unspecified atom stereocenters. The summed E-state index contributed by atoms with van der Waals surface area (Å²) in [7, 11) is 0. The molecule has 0 aliphatic carbocycles. The zero-order valence-electron chi connectivity index (χ0n) is 10.6. The molecule has 2 aromatic heterocycles. The van der Waals surface area contributed by atoms with Crippen molar-refractivity contribution in [1.82, 2.24) is 14.7 Å². The van der Waals surface area contributed by atoms with Gasteiger partial charge in [-0.2, -0.15) is 0 Å². The number of fused-ring (bicyclic) bond motifs is 1. The van der Waals surface area contributed by atoms with Gasteiger partial charge in [0.25, 0.3) is 0 Å². The molecule has 0 saturated carbocycles. The third kappa shape index (κ3) is 2.40. The quantitative estimate of drug-likeness (QED) is 0.860. The van der Waals surface area contributed by atoms with Gasteiger partial charge in [-0.15, -0.1) is 0 Å². The first-order valence-electron chi connectivity index (χ1n) is 6.75. The van der Waals surface area contributed by atoms with E-state index < -0.39 is 0 Å². The predicted octanol–water partition coefficient (Wildman–Crippen LogP) is 1.48. The average molecular weight is 244 g/mol. The van der Waals surface area contributed by atoms with E-state index in [0.717, 1.165) is 24.2 Å². The van der Waals surface area contributed by atoms with Crippen LogP contribution in [0.3, 0.4) is 0 Å². The van der Waals surface area contributed by atoms with Crippen molar-refractivity contribution < 1.29 is 0 Å². The van der Waals surface area contributed by atoms with Crippen LogP contribution in [0.5, 0.6) is 0 Å². The molecule has 1 saturated heterocycles. The van der Waals surface area contributed by atoms with Crippen LogP contribution >= 0.6 is 0 Å². The molecule has 1 atom stereocenters. The van der Waals surface area contributed by atoms with Gasteiger partial charge in [0, 0.05) is 31.4 Å². The zero-order chi connectivity index (χ0) is 12.4. The summed E-state index contributed by atoms with van der Waals surface area (Å²) >= 11 is 0. The van der Waals surface area contributed by atoms with Crippen molar-refractivity contribution in [3.8, 4) is 0 Å². The number of nitrogens with zero attached hydrogens (tertiary/aromatic N) is 2. The summed E-state index contributed by atoms with van der Waals surface area (Å²) in [5.74, 6) is 0. The van der Waals surface area contributed by atoms with Crippen LogP contribution < -0.4 is 11.1 Å². The highest BCUT2D eigenvalue weighted by atomic mass is 15.0. The molecule has 1 aliphatic heterocycles. The lowest BCUT2D eigenvalue weighted by Crippen LogP contribution is -2.35. The maximum absolute atomic E-state index is 5.65. The highest BCUT2D eigenvalue weighted by Crippen LogP contribution is 2.14. The van der Waals surface area contributed by atoms with Gasteiger partial charge in [-0.25, -0.2) is 4.98 Å². The molecule has 1 aliphatic rings. The predicted molar refractivity (Wildman–Crippen MR) is 72.4 cm³/mol. The molecule has 2 aromatic rings. The van der Waals surface area contributed by atoms with E-state index >= 15 is 0 Å². The number of imidazole rings is 1. The van der Waals surface area contributed by atoms with Crippen LogP contribution in [0.15, 0.2) is 24.5 Å². The van der Waals surface area contributed by atoms with Crippen LogP contribution in [0.1, 0.15) is 30.5 Å². The van der Waals surface area contributed by atoms with E-state index in [1.165, 1.54) is 25.0 Å². The number of rotatable bonds is 3. The highest BCUT2D eigenvalue weighted by Gasteiger charge is 2.14. The number of hydrogen-bond acceptors (Lipinski definition) is 3. The molecule has 0 spiro atoms. The monoisotopic (exact) mass is 244 g/mol. The van der Waals surface area contributed by atoms with E-state index in [1.807, 2.05) is 12.1 Å². The standard InChI is InChI=1S/C14H20N4/c15-8-11-4-5-14-17-13(10-18(14)9-11)7-12-3-1-2-6-16-12/h4-5,9-10,12,16H,1-3,6-8,15H2. The Kier molecular flexibility index (Phi) is 3.30. The number of pyridine rings is 1. The first kappa shape index (κ1) is 11.7. The fourth-order valence-electron chi connectivity index (χ4n) is 2.66. The van der Waals surface area contributed by atoms with Crippen LogP contribution in [0.2, 0.25) is 0 Å². The molecular weight excluding hydrogens is 224 g/mol. The second kappa shape index (κ2) is 5.08. The minimum Gasteiger partial charge on any atom is -0.326 e. The molecule has 96 valence electrons. The van der Waals surface area contributed by atoms with Crippen molar-refractivity contribution in [2.45, 2.75) is 38.3 Å². The smallest absolute Gasteiger partial charge is 0.136 e. The number of piperidine rings is 1. The lowest BCUT2D eigenvalue weighted by Gasteiger charge is -2.22. The second-order valence-corrected chi connectivity index (χ2v) is 5.09. The fraction of sp³-hybridized carbons (Fsp3) is 0.500. The molecule has 0 amide bonds. The SMILES string of the molecule is NCc1ccc2nc(CC3CCCCN3)cn2c1. The van der Waals surface area contributed by atoms with Gasteiger partial charge in [-0.3, -0.25) is 0 Å². The van der Waals surface area contributed by atoms with E-state index in [-0.39, 0.29) is 0 Å².